The second kappa shape index (κ2) is 9.42. The van der Waals surface area contributed by atoms with Crippen molar-refractivity contribution in [2.75, 3.05) is 0 Å². The summed E-state index contributed by atoms with van der Waals surface area (Å²) in [6.07, 6.45) is 1.88. The standard InChI is InChI=1S/C26H25N3O3S/c1-19(2)33(31,32)24-16-10-9-15-23(24)26(30)27-17-21-18-29(22-13-7-4-8-14-22)28-25(21)20-11-5-3-6-12-20/h3-16,18-19H,17H2,1-2H3,(H,27,30). The Labute approximate surface area is 193 Å². The molecular formula is C26H25N3O3S. The number of carbonyl (C=O) groups is 1. The van der Waals surface area contributed by atoms with Gasteiger partial charge in [-0.05, 0) is 38.1 Å². The molecule has 4 rings (SSSR count). The van der Waals surface area contributed by atoms with Crippen LogP contribution >= 0.6 is 0 Å². The van der Waals surface area contributed by atoms with Gasteiger partial charge in [0.2, 0.25) is 0 Å². The van der Waals surface area contributed by atoms with Crippen LogP contribution in [0.5, 0.6) is 0 Å². The Morgan fingerprint density at radius 3 is 2.18 bits per heavy atom. The van der Waals surface area contributed by atoms with E-state index in [0.29, 0.717) is 0 Å². The highest BCUT2D eigenvalue weighted by atomic mass is 32.2. The van der Waals surface area contributed by atoms with E-state index < -0.39 is 21.0 Å². The average molecular weight is 460 g/mol. The number of amides is 1. The molecule has 0 bridgehead atoms. The number of nitrogens with zero attached hydrogens (tertiary/aromatic N) is 2. The van der Waals surface area contributed by atoms with Gasteiger partial charge >= 0.3 is 0 Å². The van der Waals surface area contributed by atoms with Crippen molar-refractivity contribution >= 4 is 15.7 Å². The molecule has 0 saturated heterocycles. The highest BCUT2D eigenvalue weighted by molar-refractivity contribution is 7.92. The first-order chi connectivity index (χ1) is 15.9. The van der Waals surface area contributed by atoms with Gasteiger partial charge in [-0.15, -0.1) is 0 Å². The summed E-state index contributed by atoms with van der Waals surface area (Å²) in [5, 5.41) is 7.01. The molecule has 3 aromatic carbocycles. The van der Waals surface area contributed by atoms with E-state index in [2.05, 4.69) is 5.32 Å². The molecule has 168 valence electrons. The van der Waals surface area contributed by atoms with E-state index in [0.717, 1.165) is 22.5 Å². The van der Waals surface area contributed by atoms with Crippen molar-refractivity contribution in [3.05, 3.63) is 102 Å². The molecule has 1 amide bonds. The molecule has 0 aliphatic rings. The van der Waals surface area contributed by atoms with Crippen molar-refractivity contribution in [3.8, 4) is 16.9 Å². The highest BCUT2D eigenvalue weighted by Gasteiger charge is 2.25. The van der Waals surface area contributed by atoms with Crippen molar-refractivity contribution in [3.63, 3.8) is 0 Å². The van der Waals surface area contributed by atoms with Crippen LogP contribution in [0.3, 0.4) is 0 Å². The van der Waals surface area contributed by atoms with Crippen molar-refractivity contribution in [2.24, 2.45) is 0 Å². The molecule has 1 N–H and O–H groups in total. The first-order valence-corrected chi connectivity index (χ1v) is 12.2. The molecular weight excluding hydrogens is 434 g/mol. The van der Waals surface area contributed by atoms with Crippen LogP contribution < -0.4 is 5.32 Å². The largest absolute Gasteiger partial charge is 0.348 e. The number of benzene rings is 3. The van der Waals surface area contributed by atoms with Crippen LogP contribution in [0.2, 0.25) is 0 Å². The Morgan fingerprint density at radius 2 is 1.52 bits per heavy atom. The maximum Gasteiger partial charge on any atom is 0.252 e. The van der Waals surface area contributed by atoms with Gasteiger partial charge in [0.05, 0.1) is 27.1 Å². The summed E-state index contributed by atoms with van der Waals surface area (Å²) in [5.74, 6) is -0.443. The van der Waals surface area contributed by atoms with Gasteiger partial charge in [-0.25, -0.2) is 13.1 Å². The first kappa shape index (κ1) is 22.5. The van der Waals surface area contributed by atoms with E-state index in [-0.39, 0.29) is 17.0 Å². The molecule has 4 aromatic rings. The molecule has 0 aliphatic carbocycles. The van der Waals surface area contributed by atoms with Crippen molar-refractivity contribution < 1.29 is 13.2 Å². The molecule has 1 heterocycles. The molecule has 0 saturated carbocycles. The normalized spacial score (nSPS) is 11.5. The zero-order valence-electron chi connectivity index (χ0n) is 18.5. The van der Waals surface area contributed by atoms with Gasteiger partial charge in [0.15, 0.2) is 9.84 Å². The lowest BCUT2D eigenvalue weighted by Gasteiger charge is -2.13. The van der Waals surface area contributed by atoms with Crippen LogP contribution in [0.15, 0.2) is 96.0 Å². The minimum absolute atomic E-state index is 0.0424. The number of rotatable bonds is 7. The van der Waals surface area contributed by atoms with Crippen molar-refractivity contribution in [1.82, 2.24) is 15.1 Å². The van der Waals surface area contributed by atoms with Crippen LogP contribution in [0, 0.1) is 0 Å². The molecule has 0 unspecified atom stereocenters. The smallest absolute Gasteiger partial charge is 0.252 e. The minimum atomic E-state index is -3.60. The maximum atomic E-state index is 13.0. The van der Waals surface area contributed by atoms with Crippen LogP contribution in [0.25, 0.3) is 16.9 Å². The molecule has 1 aromatic heterocycles. The van der Waals surface area contributed by atoms with Gasteiger partial charge in [-0.3, -0.25) is 4.79 Å². The predicted octanol–water partition coefficient (Wildman–Crippen LogP) is 4.65. The number of nitrogens with one attached hydrogen (secondary N) is 1. The maximum absolute atomic E-state index is 13.0. The quantitative estimate of drug-likeness (QED) is 0.436. The summed E-state index contributed by atoms with van der Waals surface area (Å²) < 4.78 is 27.3. The summed E-state index contributed by atoms with van der Waals surface area (Å²) in [6.45, 7) is 3.41. The van der Waals surface area contributed by atoms with Gasteiger partial charge in [0, 0.05) is 23.9 Å². The van der Waals surface area contributed by atoms with E-state index in [9.17, 15) is 13.2 Å². The third-order valence-electron chi connectivity index (χ3n) is 5.36. The Hall–Kier alpha value is -3.71. The topological polar surface area (TPSA) is 81.1 Å². The van der Waals surface area contributed by atoms with Crippen LogP contribution in [-0.4, -0.2) is 29.4 Å². The van der Waals surface area contributed by atoms with E-state index in [4.69, 9.17) is 5.10 Å². The second-order valence-electron chi connectivity index (χ2n) is 7.92. The summed E-state index contributed by atoms with van der Waals surface area (Å²) >= 11 is 0. The summed E-state index contributed by atoms with van der Waals surface area (Å²) in [6, 6.07) is 25.8. The Balaban J connectivity index is 1.66. The Bertz CT molecular complexity index is 1360. The Morgan fingerprint density at radius 1 is 0.909 bits per heavy atom. The van der Waals surface area contributed by atoms with Gasteiger partial charge < -0.3 is 5.32 Å². The number of aromatic nitrogens is 2. The fraction of sp³-hybridized carbons (Fsp3) is 0.154. The monoisotopic (exact) mass is 459 g/mol. The molecule has 33 heavy (non-hydrogen) atoms. The van der Waals surface area contributed by atoms with E-state index >= 15 is 0 Å². The van der Waals surface area contributed by atoms with Crippen LogP contribution in [-0.2, 0) is 16.4 Å². The second-order valence-corrected chi connectivity index (χ2v) is 10.4. The molecule has 6 nitrogen and oxygen atoms in total. The number of carbonyl (C=O) groups excluding carboxylic acids is 1. The summed E-state index contributed by atoms with van der Waals surface area (Å²) in [4.78, 5) is 13.1. The lowest BCUT2D eigenvalue weighted by atomic mass is 10.1. The zero-order chi connectivity index (χ0) is 23.4. The molecule has 0 atom stereocenters. The third kappa shape index (κ3) is 4.73. The van der Waals surface area contributed by atoms with E-state index in [1.165, 1.54) is 12.1 Å². The van der Waals surface area contributed by atoms with Crippen LogP contribution in [0.4, 0.5) is 0 Å². The summed E-state index contributed by atoms with van der Waals surface area (Å²) in [5.41, 5.74) is 3.55. The number of hydrogen-bond donors (Lipinski definition) is 1. The fourth-order valence-electron chi connectivity index (χ4n) is 3.52. The summed E-state index contributed by atoms with van der Waals surface area (Å²) in [7, 11) is -3.60. The molecule has 0 spiro atoms. The molecule has 0 radical (unpaired) electrons. The van der Waals surface area contributed by atoms with Crippen molar-refractivity contribution in [2.45, 2.75) is 30.5 Å². The zero-order valence-corrected chi connectivity index (χ0v) is 19.3. The van der Waals surface area contributed by atoms with Gasteiger partial charge in [0.25, 0.3) is 5.91 Å². The van der Waals surface area contributed by atoms with E-state index in [1.807, 2.05) is 66.9 Å². The van der Waals surface area contributed by atoms with Gasteiger partial charge in [-0.2, -0.15) is 5.10 Å². The number of sulfone groups is 1. The Kier molecular flexibility index (Phi) is 6.42. The van der Waals surface area contributed by atoms with Crippen LogP contribution in [0.1, 0.15) is 29.8 Å². The molecule has 0 fully saturated rings. The molecule has 7 heteroatoms. The number of hydrogen-bond acceptors (Lipinski definition) is 4. The lowest BCUT2D eigenvalue weighted by molar-refractivity contribution is 0.0947. The minimum Gasteiger partial charge on any atom is -0.348 e. The van der Waals surface area contributed by atoms with Gasteiger partial charge in [-0.1, -0.05) is 60.7 Å². The van der Waals surface area contributed by atoms with Crippen molar-refractivity contribution in [1.29, 1.82) is 0 Å². The fourth-order valence-corrected chi connectivity index (χ4v) is 4.76. The number of para-hydroxylation sites is 1. The average Bonchev–Trinajstić information content (AvgIpc) is 3.28. The predicted molar refractivity (Wildman–Crippen MR) is 129 cm³/mol. The SMILES string of the molecule is CC(C)S(=O)(=O)c1ccccc1C(=O)NCc1cn(-c2ccccc2)nc1-c1ccccc1. The molecule has 0 aliphatic heterocycles. The third-order valence-corrected chi connectivity index (χ3v) is 7.57. The van der Waals surface area contributed by atoms with Gasteiger partial charge in [0.1, 0.15) is 0 Å². The lowest BCUT2D eigenvalue weighted by Crippen LogP contribution is -2.26. The highest BCUT2D eigenvalue weighted by Crippen LogP contribution is 2.24. The first-order valence-electron chi connectivity index (χ1n) is 10.7. The van der Waals surface area contributed by atoms with E-state index in [1.54, 1.807) is 30.7 Å².